The first-order chi connectivity index (χ1) is 16.4. The minimum absolute atomic E-state index is 0.161. The van der Waals surface area contributed by atoms with Gasteiger partial charge in [-0.1, -0.05) is 23.2 Å². The number of carbonyl (C=O) groups excluding carboxylic acids is 2. The number of furan rings is 1. The second-order valence-electron chi connectivity index (χ2n) is 7.62. The standard InChI is InChI=1S/C25H20Cl2N2O4S/c1-2-32-25(31)22-19-5-3-4-6-21(19)34-24(22)29-23(30)15(13-28)11-18-7-8-20(33-18)14-9-16(26)12-17(27)10-14/h7-12H,2-6H2,1H3,(H,29,30). The van der Waals surface area contributed by atoms with Crippen molar-refractivity contribution in [2.45, 2.75) is 32.6 Å². The number of nitrogens with zero attached hydrogens (tertiary/aromatic N) is 1. The molecule has 6 nitrogen and oxygen atoms in total. The van der Waals surface area contributed by atoms with E-state index < -0.39 is 11.9 Å². The van der Waals surface area contributed by atoms with Crippen molar-refractivity contribution in [3.8, 4) is 17.4 Å². The van der Waals surface area contributed by atoms with E-state index in [2.05, 4.69) is 5.32 Å². The number of benzene rings is 1. The molecule has 0 unspecified atom stereocenters. The Morgan fingerprint density at radius 3 is 2.65 bits per heavy atom. The van der Waals surface area contributed by atoms with Gasteiger partial charge in [-0.2, -0.15) is 5.26 Å². The third-order valence-electron chi connectivity index (χ3n) is 5.30. The first-order valence-electron chi connectivity index (χ1n) is 10.7. The van der Waals surface area contributed by atoms with E-state index in [0.29, 0.717) is 37.7 Å². The van der Waals surface area contributed by atoms with Crippen LogP contribution >= 0.6 is 34.5 Å². The molecular weight excluding hydrogens is 495 g/mol. The molecule has 0 atom stereocenters. The lowest BCUT2D eigenvalue weighted by Gasteiger charge is -2.12. The predicted molar refractivity (Wildman–Crippen MR) is 133 cm³/mol. The van der Waals surface area contributed by atoms with E-state index in [4.69, 9.17) is 32.4 Å². The fraction of sp³-hybridized carbons (Fsp3) is 0.240. The molecule has 0 saturated heterocycles. The van der Waals surface area contributed by atoms with Gasteiger partial charge in [0, 0.05) is 26.6 Å². The highest BCUT2D eigenvalue weighted by atomic mass is 35.5. The van der Waals surface area contributed by atoms with Gasteiger partial charge in [0.15, 0.2) is 0 Å². The third-order valence-corrected chi connectivity index (χ3v) is 6.95. The summed E-state index contributed by atoms with van der Waals surface area (Å²) in [5.74, 6) is -0.288. The Kier molecular flexibility index (Phi) is 7.42. The number of halogens is 2. The lowest BCUT2D eigenvalue weighted by molar-refractivity contribution is -0.112. The molecule has 9 heteroatoms. The van der Waals surface area contributed by atoms with Gasteiger partial charge < -0.3 is 14.5 Å². The number of thiophene rings is 1. The molecule has 1 aromatic carbocycles. The van der Waals surface area contributed by atoms with Gasteiger partial charge in [-0.15, -0.1) is 11.3 Å². The zero-order chi connectivity index (χ0) is 24.2. The number of esters is 1. The number of anilines is 1. The summed E-state index contributed by atoms with van der Waals surface area (Å²) < 4.78 is 11.0. The number of nitriles is 1. The number of ether oxygens (including phenoxy) is 1. The summed E-state index contributed by atoms with van der Waals surface area (Å²) in [4.78, 5) is 26.6. The molecule has 174 valence electrons. The summed E-state index contributed by atoms with van der Waals surface area (Å²) >= 11 is 13.5. The predicted octanol–water partition coefficient (Wildman–Crippen LogP) is 6.92. The van der Waals surface area contributed by atoms with Crippen LogP contribution in [0.1, 0.15) is 46.3 Å². The van der Waals surface area contributed by atoms with Crippen LogP contribution in [0.4, 0.5) is 5.00 Å². The Morgan fingerprint density at radius 2 is 1.94 bits per heavy atom. The van der Waals surface area contributed by atoms with Gasteiger partial charge in [-0.3, -0.25) is 4.79 Å². The van der Waals surface area contributed by atoms with Crippen LogP contribution in [0.3, 0.4) is 0 Å². The monoisotopic (exact) mass is 514 g/mol. The summed E-state index contributed by atoms with van der Waals surface area (Å²) in [7, 11) is 0. The number of rotatable bonds is 6. The average molecular weight is 515 g/mol. The smallest absolute Gasteiger partial charge is 0.341 e. The Bertz CT molecular complexity index is 1310. The molecule has 1 amide bonds. The number of nitrogens with one attached hydrogen (secondary N) is 1. The van der Waals surface area contributed by atoms with Crippen molar-refractivity contribution in [1.29, 1.82) is 5.26 Å². The number of fused-ring (bicyclic) bond motifs is 1. The Morgan fingerprint density at radius 1 is 1.21 bits per heavy atom. The van der Waals surface area contributed by atoms with E-state index in [1.165, 1.54) is 17.4 Å². The van der Waals surface area contributed by atoms with Crippen molar-refractivity contribution in [2.24, 2.45) is 0 Å². The van der Waals surface area contributed by atoms with E-state index in [1.54, 1.807) is 37.3 Å². The maximum absolute atomic E-state index is 12.9. The minimum atomic E-state index is -0.629. The van der Waals surface area contributed by atoms with Crippen LogP contribution in [0.15, 0.2) is 40.3 Å². The fourth-order valence-corrected chi connectivity index (χ4v) is 5.61. The molecular formula is C25H20Cl2N2O4S. The van der Waals surface area contributed by atoms with Gasteiger partial charge in [0.05, 0.1) is 12.2 Å². The molecule has 1 aliphatic rings. The molecule has 2 heterocycles. The summed E-state index contributed by atoms with van der Waals surface area (Å²) in [5, 5.41) is 13.7. The normalized spacial score (nSPS) is 13.2. The van der Waals surface area contributed by atoms with E-state index in [-0.39, 0.29) is 12.2 Å². The Balaban J connectivity index is 1.60. The molecule has 0 spiro atoms. The van der Waals surface area contributed by atoms with E-state index in [0.717, 1.165) is 36.1 Å². The van der Waals surface area contributed by atoms with Gasteiger partial charge in [0.2, 0.25) is 0 Å². The van der Waals surface area contributed by atoms with E-state index in [1.807, 2.05) is 6.07 Å². The second kappa shape index (κ2) is 10.5. The van der Waals surface area contributed by atoms with Crippen molar-refractivity contribution in [2.75, 3.05) is 11.9 Å². The number of hydrogen-bond acceptors (Lipinski definition) is 6. The molecule has 0 aliphatic heterocycles. The van der Waals surface area contributed by atoms with Gasteiger partial charge >= 0.3 is 5.97 Å². The molecule has 0 radical (unpaired) electrons. The van der Waals surface area contributed by atoms with Crippen LogP contribution < -0.4 is 5.32 Å². The van der Waals surface area contributed by atoms with E-state index in [9.17, 15) is 14.9 Å². The molecule has 1 N–H and O–H groups in total. The SMILES string of the molecule is CCOC(=O)c1c(NC(=O)C(C#N)=Cc2ccc(-c3cc(Cl)cc(Cl)c3)o2)sc2c1CCCC2. The van der Waals surface area contributed by atoms with Crippen LogP contribution in [0, 0.1) is 11.3 Å². The topological polar surface area (TPSA) is 92.3 Å². The van der Waals surface area contributed by atoms with Crippen molar-refractivity contribution in [3.63, 3.8) is 0 Å². The largest absolute Gasteiger partial charge is 0.462 e. The molecule has 0 fully saturated rings. The molecule has 2 aromatic heterocycles. The lowest BCUT2D eigenvalue weighted by atomic mass is 9.95. The van der Waals surface area contributed by atoms with Crippen LogP contribution in [0.5, 0.6) is 0 Å². The summed E-state index contributed by atoms with van der Waals surface area (Å²) in [6.07, 6.45) is 4.98. The summed E-state index contributed by atoms with van der Waals surface area (Å²) in [6.45, 7) is 1.97. The maximum atomic E-state index is 12.9. The van der Waals surface area contributed by atoms with E-state index >= 15 is 0 Å². The van der Waals surface area contributed by atoms with Crippen LogP contribution in [-0.4, -0.2) is 18.5 Å². The van der Waals surface area contributed by atoms with Gasteiger partial charge in [0.1, 0.15) is 28.2 Å². The second-order valence-corrected chi connectivity index (χ2v) is 9.60. The fourth-order valence-electron chi connectivity index (χ4n) is 3.82. The molecule has 4 rings (SSSR count). The molecule has 34 heavy (non-hydrogen) atoms. The highest BCUT2D eigenvalue weighted by Crippen LogP contribution is 2.39. The highest BCUT2D eigenvalue weighted by Gasteiger charge is 2.28. The molecule has 0 bridgehead atoms. The van der Waals surface area contributed by atoms with Gasteiger partial charge in [0.25, 0.3) is 5.91 Å². The van der Waals surface area contributed by atoms with Gasteiger partial charge in [-0.05, 0) is 68.5 Å². The number of aryl methyl sites for hydroxylation is 1. The lowest BCUT2D eigenvalue weighted by Crippen LogP contribution is -2.16. The average Bonchev–Trinajstić information content (AvgIpc) is 3.41. The Hall–Kier alpha value is -3.05. The van der Waals surface area contributed by atoms with Crippen LogP contribution in [0.2, 0.25) is 10.0 Å². The number of carbonyl (C=O) groups is 2. The zero-order valence-electron chi connectivity index (χ0n) is 18.2. The third kappa shape index (κ3) is 5.20. The zero-order valence-corrected chi connectivity index (χ0v) is 20.6. The quantitative estimate of drug-likeness (QED) is 0.219. The minimum Gasteiger partial charge on any atom is -0.462 e. The van der Waals surface area contributed by atoms with Crippen LogP contribution in [-0.2, 0) is 22.4 Å². The molecule has 3 aromatic rings. The number of hydrogen-bond donors (Lipinski definition) is 1. The highest BCUT2D eigenvalue weighted by molar-refractivity contribution is 7.17. The van der Waals surface area contributed by atoms with Gasteiger partial charge in [-0.25, -0.2) is 4.79 Å². The summed E-state index contributed by atoms with van der Waals surface area (Å²) in [6, 6.07) is 10.3. The first kappa shape index (κ1) is 24.1. The van der Waals surface area contributed by atoms with Crippen molar-refractivity contribution in [3.05, 3.63) is 67.7 Å². The number of amides is 1. The van der Waals surface area contributed by atoms with Crippen molar-refractivity contribution in [1.82, 2.24) is 0 Å². The van der Waals surface area contributed by atoms with Crippen molar-refractivity contribution >= 4 is 57.5 Å². The maximum Gasteiger partial charge on any atom is 0.341 e. The van der Waals surface area contributed by atoms with Crippen molar-refractivity contribution < 1.29 is 18.7 Å². The van der Waals surface area contributed by atoms with Crippen LogP contribution in [0.25, 0.3) is 17.4 Å². The summed E-state index contributed by atoms with van der Waals surface area (Å²) in [5.41, 5.74) is 1.84. The first-order valence-corrected chi connectivity index (χ1v) is 12.3. The molecule has 1 aliphatic carbocycles. The molecule has 0 saturated carbocycles. The Labute approximate surface area is 210 Å².